The fourth-order valence-electron chi connectivity index (χ4n) is 2.39. The van der Waals surface area contributed by atoms with Gasteiger partial charge in [0.1, 0.15) is 0 Å². The molecule has 0 aliphatic rings. The third-order valence-corrected chi connectivity index (χ3v) is 3.80. The van der Waals surface area contributed by atoms with Gasteiger partial charge in [0, 0.05) is 24.8 Å². The zero-order chi connectivity index (χ0) is 13.7. The molecule has 1 heterocycles. The van der Waals surface area contributed by atoms with Crippen LogP contribution in [0.2, 0.25) is 0 Å². The van der Waals surface area contributed by atoms with Gasteiger partial charge in [0.15, 0.2) is 0 Å². The molecule has 0 bridgehead atoms. The van der Waals surface area contributed by atoms with Crippen molar-refractivity contribution < 1.29 is 0 Å². The Kier molecular flexibility index (Phi) is 5.03. The summed E-state index contributed by atoms with van der Waals surface area (Å²) in [6.45, 7) is 9.95. The van der Waals surface area contributed by atoms with Crippen LogP contribution in [0.15, 0.2) is 30.5 Å². The molecule has 19 heavy (non-hydrogen) atoms. The molecule has 0 saturated carbocycles. The van der Waals surface area contributed by atoms with Crippen LogP contribution >= 0.6 is 0 Å². The first-order chi connectivity index (χ1) is 9.24. The molecule has 2 nitrogen and oxygen atoms in total. The Balaban J connectivity index is 2.12. The Hall–Kier alpha value is -1.28. The maximum atomic E-state index is 3.46. The van der Waals surface area contributed by atoms with Crippen LogP contribution < -0.4 is 5.32 Å². The van der Waals surface area contributed by atoms with E-state index in [1.165, 1.54) is 29.3 Å². The Labute approximate surface area is 116 Å². The standard InChI is InChI=1S/C17H26N2/c1-4-9-18-12-15-6-7-17-16(11-15)8-10-19(17)13-14(3)5-2/h6-8,10-11,14,18H,4-5,9,12-13H2,1-3H3. The third-order valence-electron chi connectivity index (χ3n) is 3.80. The van der Waals surface area contributed by atoms with Crippen LogP contribution in [0.3, 0.4) is 0 Å². The monoisotopic (exact) mass is 258 g/mol. The largest absolute Gasteiger partial charge is 0.347 e. The number of nitrogens with one attached hydrogen (secondary N) is 1. The van der Waals surface area contributed by atoms with Gasteiger partial charge < -0.3 is 9.88 Å². The molecule has 1 unspecified atom stereocenters. The summed E-state index contributed by atoms with van der Waals surface area (Å²) in [6, 6.07) is 9.06. The zero-order valence-corrected chi connectivity index (χ0v) is 12.4. The maximum absolute atomic E-state index is 3.46. The summed E-state index contributed by atoms with van der Waals surface area (Å²) in [5.41, 5.74) is 2.74. The molecule has 1 atom stereocenters. The molecule has 1 aromatic carbocycles. The number of aromatic nitrogens is 1. The molecule has 0 spiro atoms. The molecule has 104 valence electrons. The summed E-state index contributed by atoms with van der Waals surface area (Å²) in [6.07, 6.45) is 4.65. The van der Waals surface area contributed by atoms with E-state index in [0.29, 0.717) is 0 Å². The van der Waals surface area contributed by atoms with Crippen LogP contribution in [0.1, 0.15) is 39.2 Å². The van der Waals surface area contributed by atoms with Crippen molar-refractivity contribution in [2.45, 2.75) is 46.7 Å². The number of fused-ring (bicyclic) bond motifs is 1. The molecule has 1 aromatic heterocycles. The predicted molar refractivity (Wildman–Crippen MR) is 83.4 cm³/mol. The molecule has 0 aliphatic carbocycles. The average Bonchev–Trinajstić information content (AvgIpc) is 2.81. The van der Waals surface area contributed by atoms with E-state index >= 15 is 0 Å². The Morgan fingerprint density at radius 1 is 1.21 bits per heavy atom. The van der Waals surface area contributed by atoms with Gasteiger partial charge in [0.25, 0.3) is 0 Å². The molecule has 0 amide bonds. The highest BCUT2D eigenvalue weighted by molar-refractivity contribution is 5.80. The molecular weight excluding hydrogens is 232 g/mol. The van der Waals surface area contributed by atoms with Crippen molar-refractivity contribution in [1.29, 1.82) is 0 Å². The zero-order valence-electron chi connectivity index (χ0n) is 12.4. The van der Waals surface area contributed by atoms with Crippen LogP contribution in [-0.4, -0.2) is 11.1 Å². The van der Waals surface area contributed by atoms with Crippen molar-refractivity contribution in [2.75, 3.05) is 6.54 Å². The Morgan fingerprint density at radius 3 is 2.79 bits per heavy atom. The van der Waals surface area contributed by atoms with Gasteiger partial charge in [-0.25, -0.2) is 0 Å². The predicted octanol–water partition coefficient (Wildman–Crippen LogP) is 4.19. The second kappa shape index (κ2) is 6.76. The third kappa shape index (κ3) is 3.60. The molecule has 0 radical (unpaired) electrons. The van der Waals surface area contributed by atoms with E-state index in [2.05, 4.69) is 61.1 Å². The highest BCUT2D eigenvalue weighted by atomic mass is 15.0. The van der Waals surface area contributed by atoms with E-state index in [1.807, 2.05) is 0 Å². The van der Waals surface area contributed by atoms with E-state index in [4.69, 9.17) is 0 Å². The van der Waals surface area contributed by atoms with E-state index in [0.717, 1.165) is 25.6 Å². The lowest BCUT2D eigenvalue weighted by Gasteiger charge is -2.11. The lowest BCUT2D eigenvalue weighted by atomic mass is 10.1. The highest BCUT2D eigenvalue weighted by Gasteiger charge is 2.05. The normalized spacial score (nSPS) is 13.0. The minimum Gasteiger partial charge on any atom is -0.347 e. The summed E-state index contributed by atoms with van der Waals surface area (Å²) in [5, 5.41) is 4.82. The first-order valence-electron chi connectivity index (χ1n) is 7.53. The van der Waals surface area contributed by atoms with Gasteiger partial charge in [-0.3, -0.25) is 0 Å². The second-order valence-corrected chi connectivity index (χ2v) is 5.55. The highest BCUT2D eigenvalue weighted by Crippen LogP contribution is 2.19. The molecule has 2 rings (SSSR count). The van der Waals surface area contributed by atoms with Gasteiger partial charge >= 0.3 is 0 Å². The average molecular weight is 258 g/mol. The molecule has 1 N–H and O–H groups in total. The van der Waals surface area contributed by atoms with Crippen molar-refractivity contribution in [1.82, 2.24) is 9.88 Å². The van der Waals surface area contributed by atoms with Gasteiger partial charge in [0.2, 0.25) is 0 Å². The number of hydrogen-bond acceptors (Lipinski definition) is 1. The van der Waals surface area contributed by atoms with Crippen LogP contribution in [0, 0.1) is 5.92 Å². The summed E-state index contributed by atoms with van der Waals surface area (Å²) < 4.78 is 2.38. The van der Waals surface area contributed by atoms with Gasteiger partial charge in [-0.15, -0.1) is 0 Å². The lowest BCUT2D eigenvalue weighted by molar-refractivity contribution is 0.477. The van der Waals surface area contributed by atoms with Gasteiger partial charge in [0.05, 0.1) is 0 Å². The topological polar surface area (TPSA) is 17.0 Å². The molecule has 0 aliphatic heterocycles. The van der Waals surface area contributed by atoms with E-state index < -0.39 is 0 Å². The fourth-order valence-corrected chi connectivity index (χ4v) is 2.39. The first kappa shape index (κ1) is 14.1. The first-order valence-corrected chi connectivity index (χ1v) is 7.53. The van der Waals surface area contributed by atoms with Crippen LogP contribution in [-0.2, 0) is 13.1 Å². The van der Waals surface area contributed by atoms with Crippen LogP contribution in [0.25, 0.3) is 10.9 Å². The number of rotatable bonds is 7. The van der Waals surface area contributed by atoms with Crippen molar-refractivity contribution in [3.05, 3.63) is 36.0 Å². The molecule has 2 aromatic rings. The fraction of sp³-hybridized carbons (Fsp3) is 0.529. The molecular formula is C17H26N2. The Bertz CT molecular complexity index is 513. The second-order valence-electron chi connectivity index (χ2n) is 5.55. The number of benzene rings is 1. The molecule has 0 fully saturated rings. The SMILES string of the molecule is CCCNCc1ccc2c(ccn2CC(C)CC)c1. The van der Waals surface area contributed by atoms with Gasteiger partial charge in [-0.1, -0.05) is 33.3 Å². The van der Waals surface area contributed by atoms with E-state index in [1.54, 1.807) is 0 Å². The van der Waals surface area contributed by atoms with Crippen LogP contribution in [0.5, 0.6) is 0 Å². The van der Waals surface area contributed by atoms with Gasteiger partial charge in [-0.05, 0) is 48.0 Å². The summed E-state index contributed by atoms with van der Waals surface area (Å²) in [7, 11) is 0. The minimum absolute atomic E-state index is 0.737. The van der Waals surface area contributed by atoms with Crippen molar-refractivity contribution >= 4 is 10.9 Å². The van der Waals surface area contributed by atoms with Crippen molar-refractivity contribution in [2.24, 2.45) is 5.92 Å². The number of nitrogens with zero attached hydrogens (tertiary/aromatic N) is 1. The van der Waals surface area contributed by atoms with Crippen molar-refractivity contribution in [3.8, 4) is 0 Å². The number of hydrogen-bond donors (Lipinski definition) is 1. The quantitative estimate of drug-likeness (QED) is 0.737. The van der Waals surface area contributed by atoms with E-state index in [-0.39, 0.29) is 0 Å². The maximum Gasteiger partial charge on any atom is 0.0480 e. The molecule has 2 heteroatoms. The van der Waals surface area contributed by atoms with Gasteiger partial charge in [-0.2, -0.15) is 0 Å². The lowest BCUT2D eigenvalue weighted by Crippen LogP contribution is -2.13. The summed E-state index contributed by atoms with van der Waals surface area (Å²) >= 11 is 0. The summed E-state index contributed by atoms with van der Waals surface area (Å²) in [4.78, 5) is 0. The van der Waals surface area contributed by atoms with E-state index in [9.17, 15) is 0 Å². The van der Waals surface area contributed by atoms with Crippen molar-refractivity contribution in [3.63, 3.8) is 0 Å². The molecule has 0 saturated heterocycles. The smallest absolute Gasteiger partial charge is 0.0480 e. The minimum atomic E-state index is 0.737. The Morgan fingerprint density at radius 2 is 2.05 bits per heavy atom. The van der Waals surface area contributed by atoms with Crippen LogP contribution in [0.4, 0.5) is 0 Å². The summed E-state index contributed by atoms with van der Waals surface area (Å²) in [5.74, 6) is 0.737.